The van der Waals surface area contributed by atoms with E-state index in [9.17, 15) is 0 Å². The summed E-state index contributed by atoms with van der Waals surface area (Å²) in [5.41, 5.74) is 0. The van der Waals surface area contributed by atoms with Crippen molar-refractivity contribution < 1.29 is 4.74 Å². The Morgan fingerprint density at radius 3 is 2.62 bits per heavy atom. The molecule has 0 aromatic heterocycles. The van der Waals surface area contributed by atoms with E-state index in [0.717, 1.165) is 19.5 Å². The molecule has 1 aliphatic rings. The highest BCUT2D eigenvalue weighted by Gasteiger charge is 2.26. The van der Waals surface area contributed by atoms with Crippen molar-refractivity contribution in [3.63, 3.8) is 0 Å². The molecule has 0 aromatic rings. The Morgan fingerprint density at radius 2 is 2.15 bits per heavy atom. The standard InChI is InChI=1S/C10H21BNO/c1-5-9-6-12(8(2)3)7-10(11-4)13-9/h8-10H,5-7H2,1-4H3. The van der Waals surface area contributed by atoms with E-state index in [1.54, 1.807) is 0 Å². The van der Waals surface area contributed by atoms with Crippen LogP contribution in [0.5, 0.6) is 0 Å². The molecule has 2 atom stereocenters. The minimum absolute atomic E-state index is 0.334. The first kappa shape index (κ1) is 11.1. The molecule has 0 spiro atoms. The largest absolute Gasteiger partial charge is 0.381 e. The Labute approximate surface area is 82.9 Å². The number of rotatable bonds is 3. The van der Waals surface area contributed by atoms with Gasteiger partial charge in [-0.25, -0.2) is 0 Å². The highest BCUT2D eigenvalue weighted by Crippen LogP contribution is 2.15. The lowest BCUT2D eigenvalue weighted by Gasteiger charge is -2.39. The van der Waals surface area contributed by atoms with Crippen molar-refractivity contribution in [1.82, 2.24) is 4.90 Å². The van der Waals surface area contributed by atoms with E-state index in [0.29, 0.717) is 18.1 Å². The fourth-order valence-corrected chi connectivity index (χ4v) is 1.73. The molecule has 13 heavy (non-hydrogen) atoms. The molecule has 75 valence electrons. The zero-order valence-electron chi connectivity index (χ0n) is 9.29. The molecule has 1 radical (unpaired) electrons. The average Bonchev–Trinajstić information content (AvgIpc) is 2.16. The number of nitrogens with zero attached hydrogens (tertiary/aromatic N) is 1. The highest BCUT2D eigenvalue weighted by atomic mass is 16.5. The second-order valence-electron chi connectivity index (χ2n) is 4.09. The average molecular weight is 182 g/mol. The first-order valence-electron chi connectivity index (χ1n) is 5.36. The Balaban J connectivity index is 2.49. The second kappa shape index (κ2) is 5.01. The summed E-state index contributed by atoms with van der Waals surface area (Å²) in [6, 6.07) is 0.974. The van der Waals surface area contributed by atoms with Crippen molar-refractivity contribution in [2.24, 2.45) is 0 Å². The topological polar surface area (TPSA) is 12.5 Å². The highest BCUT2D eigenvalue weighted by molar-refractivity contribution is 6.35. The fraction of sp³-hybridized carbons (Fsp3) is 1.00. The molecule has 1 aliphatic heterocycles. The van der Waals surface area contributed by atoms with Crippen molar-refractivity contribution in [3.05, 3.63) is 0 Å². The molecule has 3 heteroatoms. The summed E-state index contributed by atoms with van der Waals surface area (Å²) in [6.07, 6.45) is 1.55. The lowest BCUT2D eigenvalue weighted by molar-refractivity contribution is -0.0610. The van der Waals surface area contributed by atoms with Gasteiger partial charge in [0, 0.05) is 25.1 Å². The van der Waals surface area contributed by atoms with Crippen LogP contribution in [-0.2, 0) is 4.74 Å². The van der Waals surface area contributed by atoms with E-state index in [4.69, 9.17) is 4.74 Å². The smallest absolute Gasteiger partial charge is 0.147 e. The maximum atomic E-state index is 5.87. The summed E-state index contributed by atoms with van der Waals surface area (Å²) in [7, 11) is 2.16. The fourth-order valence-electron chi connectivity index (χ4n) is 1.73. The van der Waals surface area contributed by atoms with Gasteiger partial charge in [0.1, 0.15) is 7.28 Å². The van der Waals surface area contributed by atoms with Crippen LogP contribution in [0.3, 0.4) is 0 Å². The first-order valence-corrected chi connectivity index (χ1v) is 5.36. The lowest BCUT2D eigenvalue weighted by Crippen LogP contribution is -2.51. The van der Waals surface area contributed by atoms with Gasteiger partial charge in [-0.2, -0.15) is 0 Å². The van der Waals surface area contributed by atoms with E-state index < -0.39 is 0 Å². The van der Waals surface area contributed by atoms with Crippen LogP contribution < -0.4 is 0 Å². The summed E-state index contributed by atoms with van der Waals surface area (Å²) < 4.78 is 5.87. The van der Waals surface area contributed by atoms with Crippen LogP contribution in [0.15, 0.2) is 0 Å². The van der Waals surface area contributed by atoms with Gasteiger partial charge in [0.2, 0.25) is 0 Å². The van der Waals surface area contributed by atoms with Gasteiger partial charge in [-0.05, 0) is 20.3 Å². The summed E-state index contributed by atoms with van der Waals surface area (Å²) in [6.45, 7) is 10.9. The number of hydrogen-bond donors (Lipinski definition) is 0. The lowest BCUT2D eigenvalue weighted by atomic mass is 9.73. The normalized spacial score (nSPS) is 30.8. The molecule has 1 heterocycles. The first-order chi connectivity index (χ1) is 6.17. The molecule has 1 saturated heterocycles. The van der Waals surface area contributed by atoms with Crippen LogP contribution in [0.1, 0.15) is 27.2 Å². The maximum Gasteiger partial charge on any atom is 0.147 e. The van der Waals surface area contributed by atoms with Gasteiger partial charge in [0.25, 0.3) is 0 Å². The SMILES string of the molecule is C[B]C1CN(C(C)C)CC(CC)O1. The van der Waals surface area contributed by atoms with Crippen molar-refractivity contribution >= 4 is 7.28 Å². The summed E-state index contributed by atoms with van der Waals surface area (Å²) >= 11 is 0. The zero-order chi connectivity index (χ0) is 9.84. The zero-order valence-corrected chi connectivity index (χ0v) is 9.29. The van der Waals surface area contributed by atoms with Gasteiger partial charge in [-0.3, -0.25) is 4.90 Å². The van der Waals surface area contributed by atoms with Gasteiger partial charge in [0.05, 0.1) is 6.10 Å². The third-order valence-electron chi connectivity index (χ3n) is 2.78. The Bertz CT molecular complexity index is 140. The molecule has 0 bridgehead atoms. The van der Waals surface area contributed by atoms with Crippen LogP contribution in [-0.4, -0.2) is 43.4 Å². The summed E-state index contributed by atoms with van der Waals surface area (Å²) in [4.78, 5) is 2.50. The van der Waals surface area contributed by atoms with Crippen molar-refractivity contribution in [2.45, 2.75) is 52.2 Å². The monoisotopic (exact) mass is 182 g/mol. The minimum atomic E-state index is 0.334. The van der Waals surface area contributed by atoms with Crippen molar-refractivity contribution in [1.29, 1.82) is 0 Å². The van der Waals surface area contributed by atoms with E-state index in [-0.39, 0.29) is 0 Å². The Kier molecular flexibility index (Phi) is 4.27. The number of morpholine rings is 1. The van der Waals surface area contributed by atoms with Gasteiger partial charge >= 0.3 is 0 Å². The van der Waals surface area contributed by atoms with E-state index in [1.807, 2.05) is 0 Å². The van der Waals surface area contributed by atoms with Gasteiger partial charge in [-0.15, -0.1) is 0 Å². The van der Waals surface area contributed by atoms with Gasteiger partial charge in [-0.1, -0.05) is 13.7 Å². The van der Waals surface area contributed by atoms with Crippen molar-refractivity contribution in [3.8, 4) is 0 Å². The molecule has 0 amide bonds. The Morgan fingerprint density at radius 1 is 1.46 bits per heavy atom. The van der Waals surface area contributed by atoms with Crippen LogP contribution in [0, 0.1) is 0 Å². The number of ether oxygens (including phenoxy) is 1. The molecule has 2 unspecified atom stereocenters. The quantitative estimate of drug-likeness (QED) is 0.614. The maximum absolute atomic E-state index is 5.87. The molecule has 2 nitrogen and oxygen atoms in total. The molecule has 0 aliphatic carbocycles. The van der Waals surface area contributed by atoms with Crippen LogP contribution in [0.4, 0.5) is 0 Å². The molecule has 0 aromatic carbocycles. The predicted octanol–water partition coefficient (Wildman–Crippen LogP) is 1.58. The third kappa shape index (κ3) is 2.99. The van der Waals surface area contributed by atoms with E-state index in [2.05, 4.69) is 39.8 Å². The molecule has 0 saturated carbocycles. The summed E-state index contributed by atoms with van der Waals surface area (Å²) in [5, 5.41) is 0. The van der Waals surface area contributed by atoms with Crippen molar-refractivity contribution in [2.75, 3.05) is 13.1 Å². The predicted molar refractivity (Wildman–Crippen MR) is 57.3 cm³/mol. The van der Waals surface area contributed by atoms with Crippen LogP contribution in [0.2, 0.25) is 6.82 Å². The number of hydrogen-bond acceptors (Lipinski definition) is 2. The minimum Gasteiger partial charge on any atom is -0.381 e. The van der Waals surface area contributed by atoms with Gasteiger partial charge < -0.3 is 4.74 Å². The molecule has 1 fully saturated rings. The van der Waals surface area contributed by atoms with E-state index >= 15 is 0 Å². The Hall–Kier alpha value is -0.0151. The molecular formula is C10H21BNO. The van der Waals surface area contributed by atoms with E-state index in [1.165, 1.54) is 0 Å². The third-order valence-corrected chi connectivity index (χ3v) is 2.78. The molecular weight excluding hydrogens is 161 g/mol. The molecule has 1 rings (SSSR count). The second-order valence-corrected chi connectivity index (χ2v) is 4.09. The molecule has 0 N–H and O–H groups in total. The van der Waals surface area contributed by atoms with Gasteiger partial charge in [0.15, 0.2) is 0 Å². The van der Waals surface area contributed by atoms with Crippen LogP contribution >= 0.6 is 0 Å². The summed E-state index contributed by atoms with van der Waals surface area (Å²) in [5.74, 6) is 0. The van der Waals surface area contributed by atoms with Crippen LogP contribution in [0.25, 0.3) is 0 Å².